The molecule has 0 atom stereocenters. The van der Waals surface area contributed by atoms with Gasteiger partial charge in [0.1, 0.15) is 0 Å². The molecule has 0 fully saturated rings. The predicted molar refractivity (Wildman–Crippen MR) is 106 cm³/mol. The summed E-state index contributed by atoms with van der Waals surface area (Å²) in [7, 11) is -3.54. The minimum atomic E-state index is -3.54. The second kappa shape index (κ2) is 9.18. The molecular formula is C18H29N5O3S. The summed E-state index contributed by atoms with van der Waals surface area (Å²) in [5, 5.41) is 7.04. The van der Waals surface area contributed by atoms with Gasteiger partial charge in [-0.1, -0.05) is 19.0 Å². The van der Waals surface area contributed by atoms with Crippen molar-refractivity contribution in [1.82, 2.24) is 14.4 Å². The molecule has 1 aromatic heterocycles. The minimum absolute atomic E-state index is 0.270. The maximum absolute atomic E-state index is 12.9. The Labute approximate surface area is 161 Å². The lowest BCUT2D eigenvalue weighted by molar-refractivity contribution is 0.379. The highest BCUT2D eigenvalue weighted by molar-refractivity contribution is 7.89. The summed E-state index contributed by atoms with van der Waals surface area (Å²) < 4.78 is 32.4. The number of aryl methyl sites for hydroxylation is 1. The molecule has 0 saturated heterocycles. The highest BCUT2D eigenvalue weighted by atomic mass is 32.2. The second-order valence-electron chi connectivity index (χ2n) is 6.03. The molecule has 0 aliphatic carbocycles. The Hall–Kier alpha value is -2.13. The van der Waals surface area contributed by atoms with Gasteiger partial charge in [-0.15, -0.1) is 0 Å². The van der Waals surface area contributed by atoms with Crippen molar-refractivity contribution in [3.63, 3.8) is 0 Å². The van der Waals surface area contributed by atoms with Crippen molar-refractivity contribution in [2.75, 3.05) is 36.4 Å². The highest BCUT2D eigenvalue weighted by Crippen LogP contribution is 2.30. The van der Waals surface area contributed by atoms with Crippen molar-refractivity contribution >= 4 is 21.4 Å². The third-order valence-corrected chi connectivity index (χ3v) is 6.46. The smallest absolute Gasteiger partial charge is 0.245 e. The first-order valence-electron chi connectivity index (χ1n) is 9.29. The van der Waals surface area contributed by atoms with Crippen LogP contribution in [0.2, 0.25) is 0 Å². The first-order chi connectivity index (χ1) is 12.9. The van der Waals surface area contributed by atoms with Crippen LogP contribution in [-0.2, 0) is 16.6 Å². The third-order valence-electron chi connectivity index (χ3n) is 4.42. The first kappa shape index (κ1) is 21.2. The maximum atomic E-state index is 12.9. The summed E-state index contributed by atoms with van der Waals surface area (Å²) in [4.78, 5) is 6.62. The molecule has 150 valence electrons. The Morgan fingerprint density at radius 2 is 1.74 bits per heavy atom. The normalized spacial score (nSPS) is 11.8. The molecule has 0 amide bonds. The molecule has 0 bridgehead atoms. The monoisotopic (exact) mass is 395 g/mol. The number of nitrogens with zero attached hydrogens (tertiary/aromatic N) is 4. The molecule has 1 heterocycles. The molecule has 0 aliphatic heterocycles. The number of sulfonamides is 1. The van der Waals surface area contributed by atoms with Crippen molar-refractivity contribution in [2.24, 2.45) is 0 Å². The van der Waals surface area contributed by atoms with E-state index in [1.54, 1.807) is 19.1 Å². The zero-order valence-corrected chi connectivity index (χ0v) is 17.5. The van der Waals surface area contributed by atoms with E-state index in [-0.39, 0.29) is 4.90 Å². The Kier molecular flexibility index (Phi) is 7.20. The summed E-state index contributed by atoms with van der Waals surface area (Å²) >= 11 is 0. The van der Waals surface area contributed by atoms with E-state index in [1.165, 1.54) is 4.31 Å². The van der Waals surface area contributed by atoms with E-state index in [4.69, 9.17) is 4.52 Å². The predicted octanol–water partition coefficient (Wildman–Crippen LogP) is 2.87. The second-order valence-corrected chi connectivity index (χ2v) is 7.97. The average Bonchev–Trinajstić information content (AvgIpc) is 3.07. The summed E-state index contributed by atoms with van der Waals surface area (Å²) in [5.74, 6) is 1.02. The van der Waals surface area contributed by atoms with Gasteiger partial charge in [0.2, 0.25) is 15.9 Å². The largest absolute Gasteiger partial charge is 0.374 e. The molecule has 0 saturated carbocycles. The molecule has 8 nitrogen and oxygen atoms in total. The summed E-state index contributed by atoms with van der Waals surface area (Å²) in [6.07, 6.45) is 0. The molecule has 27 heavy (non-hydrogen) atoms. The third kappa shape index (κ3) is 4.78. The molecule has 0 spiro atoms. The standard InChI is InChI=1S/C18H29N5O3S/c1-6-22(7-2)17-11-10-15(27(24,25)23(8-3)9-4)12-16(17)19-13-18-20-14(5)21-26-18/h10-12,19H,6-9,13H2,1-5H3. The Morgan fingerprint density at radius 1 is 1.07 bits per heavy atom. The van der Waals surface area contributed by atoms with Crippen LogP contribution in [0.1, 0.15) is 39.4 Å². The van der Waals surface area contributed by atoms with Gasteiger partial charge in [0.25, 0.3) is 0 Å². The number of rotatable bonds is 10. The Morgan fingerprint density at radius 3 is 2.26 bits per heavy atom. The fourth-order valence-corrected chi connectivity index (χ4v) is 4.44. The van der Waals surface area contributed by atoms with Crippen molar-refractivity contribution in [3.8, 4) is 0 Å². The quantitative estimate of drug-likeness (QED) is 0.661. The van der Waals surface area contributed by atoms with Gasteiger partial charge in [-0.25, -0.2) is 8.42 Å². The topological polar surface area (TPSA) is 91.6 Å². The van der Waals surface area contributed by atoms with Gasteiger partial charge in [0.15, 0.2) is 5.82 Å². The SMILES string of the molecule is CCN(CC)c1ccc(S(=O)(=O)N(CC)CC)cc1NCc1nc(C)no1. The van der Waals surface area contributed by atoms with E-state index in [0.717, 1.165) is 24.5 Å². The minimum Gasteiger partial charge on any atom is -0.374 e. The van der Waals surface area contributed by atoms with E-state index in [2.05, 4.69) is 34.2 Å². The Balaban J connectivity index is 2.42. The lowest BCUT2D eigenvalue weighted by atomic mass is 10.2. The van der Waals surface area contributed by atoms with Crippen LogP contribution < -0.4 is 10.2 Å². The van der Waals surface area contributed by atoms with Crippen LogP contribution in [0.5, 0.6) is 0 Å². The van der Waals surface area contributed by atoms with Crippen LogP contribution in [0.3, 0.4) is 0 Å². The van der Waals surface area contributed by atoms with Crippen LogP contribution in [0.4, 0.5) is 11.4 Å². The van der Waals surface area contributed by atoms with Gasteiger partial charge in [0, 0.05) is 26.2 Å². The van der Waals surface area contributed by atoms with E-state index in [9.17, 15) is 8.42 Å². The van der Waals surface area contributed by atoms with E-state index in [1.807, 2.05) is 19.9 Å². The number of nitrogens with one attached hydrogen (secondary N) is 1. The Bertz CT molecular complexity index is 842. The average molecular weight is 396 g/mol. The summed E-state index contributed by atoms with van der Waals surface area (Å²) in [6.45, 7) is 12.4. The molecule has 0 aliphatic rings. The lowest BCUT2D eigenvalue weighted by Gasteiger charge is -2.26. The van der Waals surface area contributed by atoms with Crippen LogP contribution >= 0.6 is 0 Å². The number of anilines is 2. The van der Waals surface area contributed by atoms with Gasteiger partial charge >= 0.3 is 0 Å². The van der Waals surface area contributed by atoms with Crippen molar-refractivity contribution in [2.45, 2.75) is 46.1 Å². The molecule has 2 aromatic rings. The zero-order chi connectivity index (χ0) is 20.0. The van der Waals surface area contributed by atoms with Crippen LogP contribution in [0.15, 0.2) is 27.6 Å². The van der Waals surface area contributed by atoms with Crippen molar-refractivity contribution in [1.29, 1.82) is 0 Å². The van der Waals surface area contributed by atoms with Crippen molar-refractivity contribution in [3.05, 3.63) is 29.9 Å². The molecule has 1 aromatic carbocycles. The molecule has 2 rings (SSSR count). The summed E-state index contributed by atoms with van der Waals surface area (Å²) in [5.41, 5.74) is 1.66. The van der Waals surface area contributed by atoms with Gasteiger partial charge < -0.3 is 14.7 Å². The first-order valence-corrected chi connectivity index (χ1v) is 10.7. The molecule has 0 radical (unpaired) electrons. The molecular weight excluding hydrogens is 366 g/mol. The van der Waals surface area contributed by atoms with E-state index in [0.29, 0.717) is 31.3 Å². The van der Waals surface area contributed by atoms with Gasteiger partial charge in [0.05, 0.1) is 22.8 Å². The van der Waals surface area contributed by atoms with Gasteiger partial charge in [-0.05, 0) is 39.0 Å². The van der Waals surface area contributed by atoms with Crippen molar-refractivity contribution < 1.29 is 12.9 Å². The number of aromatic nitrogens is 2. The fraction of sp³-hybridized carbons (Fsp3) is 0.556. The highest BCUT2D eigenvalue weighted by Gasteiger charge is 2.23. The van der Waals surface area contributed by atoms with Gasteiger partial charge in [-0.2, -0.15) is 9.29 Å². The molecule has 9 heteroatoms. The van der Waals surface area contributed by atoms with E-state index >= 15 is 0 Å². The van der Waals surface area contributed by atoms with Crippen LogP contribution in [-0.4, -0.2) is 49.0 Å². The lowest BCUT2D eigenvalue weighted by Crippen LogP contribution is -2.31. The summed E-state index contributed by atoms with van der Waals surface area (Å²) in [6, 6.07) is 5.21. The van der Waals surface area contributed by atoms with E-state index < -0.39 is 10.0 Å². The van der Waals surface area contributed by atoms with Gasteiger partial charge in [-0.3, -0.25) is 0 Å². The molecule has 1 N–H and O–H groups in total. The number of benzene rings is 1. The molecule has 0 unspecified atom stereocenters. The maximum Gasteiger partial charge on any atom is 0.245 e. The number of hydrogen-bond donors (Lipinski definition) is 1. The van der Waals surface area contributed by atoms with Crippen LogP contribution in [0.25, 0.3) is 0 Å². The van der Waals surface area contributed by atoms with Crippen LogP contribution in [0, 0.1) is 6.92 Å². The fourth-order valence-electron chi connectivity index (χ4n) is 2.95. The number of hydrogen-bond acceptors (Lipinski definition) is 7. The zero-order valence-electron chi connectivity index (χ0n) is 16.7.